The summed E-state index contributed by atoms with van der Waals surface area (Å²) in [5.74, 6) is -0.668. The first-order valence-electron chi connectivity index (χ1n) is 9.78. The quantitative estimate of drug-likeness (QED) is 0.464. The second kappa shape index (κ2) is 12.1. The van der Waals surface area contributed by atoms with Gasteiger partial charge in [0.05, 0.1) is 19.6 Å². The summed E-state index contributed by atoms with van der Waals surface area (Å²) in [4.78, 5) is 36.7. The van der Waals surface area contributed by atoms with Gasteiger partial charge in [0.1, 0.15) is 11.4 Å². The third-order valence-corrected chi connectivity index (χ3v) is 3.95. The fourth-order valence-electron chi connectivity index (χ4n) is 2.54. The highest BCUT2D eigenvalue weighted by Crippen LogP contribution is 2.13. The molecule has 0 radical (unpaired) electrons. The molecule has 0 aliphatic carbocycles. The van der Waals surface area contributed by atoms with Gasteiger partial charge in [0, 0.05) is 12.1 Å². The lowest BCUT2D eigenvalue weighted by molar-refractivity contribution is -0.143. The van der Waals surface area contributed by atoms with Crippen LogP contribution < -0.4 is 15.4 Å². The monoisotopic (exact) mass is 410 g/mol. The fourth-order valence-corrected chi connectivity index (χ4v) is 2.54. The summed E-state index contributed by atoms with van der Waals surface area (Å²) >= 11 is 0. The van der Waals surface area contributed by atoms with Crippen molar-refractivity contribution in [1.82, 2.24) is 10.6 Å². The Morgan fingerprint density at radius 3 is 2.27 bits per heavy atom. The number of hydrogen-bond donors (Lipinski definition) is 2. The predicted molar refractivity (Wildman–Crippen MR) is 114 cm³/mol. The van der Waals surface area contributed by atoms with Gasteiger partial charge in [-0.25, -0.2) is 0 Å². The highest BCUT2D eigenvalue weighted by molar-refractivity contribution is 6.05. The zero-order valence-corrected chi connectivity index (χ0v) is 17.1. The van der Waals surface area contributed by atoms with Crippen LogP contribution >= 0.6 is 0 Å². The van der Waals surface area contributed by atoms with E-state index in [9.17, 15) is 14.4 Å². The fraction of sp³-hybridized carbons (Fsp3) is 0.261. The summed E-state index contributed by atoms with van der Waals surface area (Å²) < 4.78 is 10.2. The summed E-state index contributed by atoms with van der Waals surface area (Å²) in [5, 5.41) is 5.28. The van der Waals surface area contributed by atoms with E-state index in [4.69, 9.17) is 9.47 Å². The van der Waals surface area contributed by atoms with Crippen molar-refractivity contribution in [3.05, 3.63) is 71.4 Å². The van der Waals surface area contributed by atoms with Crippen LogP contribution in [-0.4, -0.2) is 37.5 Å². The molecule has 0 bridgehead atoms. The van der Waals surface area contributed by atoms with Gasteiger partial charge >= 0.3 is 5.97 Å². The molecule has 7 nitrogen and oxygen atoms in total. The summed E-state index contributed by atoms with van der Waals surface area (Å²) in [7, 11) is 0. The number of ether oxygens (including phenoxy) is 2. The van der Waals surface area contributed by atoms with Crippen LogP contribution in [0, 0.1) is 0 Å². The van der Waals surface area contributed by atoms with Crippen molar-refractivity contribution in [3.8, 4) is 5.75 Å². The molecule has 30 heavy (non-hydrogen) atoms. The molecule has 2 aromatic carbocycles. The van der Waals surface area contributed by atoms with E-state index >= 15 is 0 Å². The van der Waals surface area contributed by atoms with Gasteiger partial charge in [0.2, 0.25) is 0 Å². The minimum atomic E-state index is -0.498. The molecular formula is C23H26N2O5. The van der Waals surface area contributed by atoms with E-state index in [0.29, 0.717) is 17.9 Å². The molecule has 2 amide bonds. The van der Waals surface area contributed by atoms with E-state index in [1.165, 1.54) is 0 Å². The van der Waals surface area contributed by atoms with E-state index < -0.39 is 17.8 Å². The number of carbonyl (C=O) groups excluding carboxylic acids is 3. The summed E-state index contributed by atoms with van der Waals surface area (Å²) in [5.41, 5.74) is 1.21. The van der Waals surface area contributed by atoms with E-state index in [1.807, 2.05) is 37.3 Å². The summed E-state index contributed by atoms with van der Waals surface area (Å²) in [6.07, 6.45) is 1.62. The van der Waals surface area contributed by atoms with Crippen molar-refractivity contribution in [3.63, 3.8) is 0 Å². The number of hydrogen-bond acceptors (Lipinski definition) is 5. The minimum absolute atomic E-state index is 0.0467. The number of carbonyl (C=O) groups is 3. The highest BCUT2D eigenvalue weighted by Gasteiger charge is 2.15. The van der Waals surface area contributed by atoms with Crippen LogP contribution in [0.15, 0.2) is 60.3 Å². The van der Waals surface area contributed by atoms with E-state index in [0.717, 1.165) is 5.56 Å². The lowest BCUT2D eigenvalue weighted by Gasteiger charge is -2.11. The third kappa shape index (κ3) is 7.43. The van der Waals surface area contributed by atoms with Crippen LogP contribution in [0.25, 0.3) is 6.08 Å². The van der Waals surface area contributed by atoms with Crippen LogP contribution in [0.2, 0.25) is 0 Å². The topological polar surface area (TPSA) is 93.7 Å². The molecule has 158 valence electrons. The Bertz CT molecular complexity index is 876. The second-order valence-electron chi connectivity index (χ2n) is 6.19. The van der Waals surface area contributed by atoms with Gasteiger partial charge in [-0.1, -0.05) is 30.3 Å². The molecule has 0 saturated carbocycles. The van der Waals surface area contributed by atoms with Crippen molar-refractivity contribution < 1.29 is 23.9 Å². The van der Waals surface area contributed by atoms with Crippen LogP contribution in [0.5, 0.6) is 5.75 Å². The molecule has 2 N–H and O–H groups in total. The molecule has 0 aromatic heterocycles. The van der Waals surface area contributed by atoms with E-state index in [2.05, 4.69) is 10.6 Å². The highest BCUT2D eigenvalue weighted by atomic mass is 16.5. The molecule has 0 unspecified atom stereocenters. The molecule has 0 aliphatic heterocycles. The average molecular weight is 410 g/mol. The molecule has 0 heterocycles. The Balaban J connectivity index is 2.11. The van der Waals surface area contributed by atoms with Crippen LogP contribution in [-0.2, 0) is 14.3 Å². The summed E-state index contributed by atoms with van der Waals surface area (Å²) in [6, 6.07) is 15.8. The van der Waals surface area contributed by atoms with E-state index in [-0.39, 0.29) is 25.3 Å². The zero-order chi connectivity index (χ0) is 21.8. The second-order valence-corrected chi connectivity index (χ2v) is 6.19. The Kier molecular flexibility index (Phi) is 9.12. The van der Waals surface area contributed by atoms with Gasteiger partial charge < -0.3 is 20.1 Å². The van der Waals surface area contributed by atoms with Gasteiger partial charge in [-0.15, -0.1) is 0 Å². The first-order chi connectivity index (χ1) is 14.5. The largest absolute Gasteiger partial charge is 0.494 e. The number of amides is 2. The van der Waals surface area contributed by atoms with Crippen molar-refractivity contribution in [2.24, 2.45) is 0 Å². The van der Waals surface area contributed by atoms with Crippen molar-refractivity contribution in [2.45, 2.75) is 20.3 Å². The van der Waals surface area contributed by atoms with Gasteiger partial charge in [-0.05, 0) is 49.8 Å². The molecule has 0 atom stereocenters. The van der Waals surface area contributed by atoms with Crippen molar-refractivity contribution in [2.75, 3.05) is 19.8 Å². The van der Waals surface area contributed by atoms with Crippen molar-refractivity contribution in [1.29, 1.82) is 0 Å². The normalized spacial score (nSPS) is 10.8. The van der Waals surface area contributed by atoms with Crippen LogP contribution in [0.3, 0.4) is 0 Å². The first-order valence-corrected chi connectivity index (χ1v) is 9.78. The van der Waals surface area contributed by atoms with Gasteiger partial charge in [0.25, 0.3) is 11.8 Å². The zero-order valence-electron chi connectivity index (χ0n) is 17.1. The molecule has 0 saturated heterocycles. The van der Waals surface area contributed by atoms with E-state index in [1.54, 1.807) is 37.3 Å². The minimum Gasteiger partial charge on any atom is -0.494 e. The lowest BCUT2D eigenvalue weighted by Crippen LogP contribution is -2.36. The Labute approximate surface area is 176 Å². The van der Waals surface area contributed by atoms with Gasteiger partial charge in [-0.2, -0.15) is 0 Å². The standard InChI is InChI=1S/C23H26N2O5/c1-3-29-19-12-10-18(11-13-19)22(27)25-20(16-17-8-6-5-7-9-17)23(28)24-15-14-21(26)30-4-2/h5-13,16H,3-4,14-15H2,1-2H3,(H,24,28)(H,25,27)/b20-16-. The molecular weight excluding hydrogens is 384 g/mol. The smallest absolute Gasteiger partial charge is 0.307 e. The Hall–Kier alpha value is -3.61. The number of benzene rings is 2. The Morgan fingerprint density at radius 1 is 0.933 bits per heavy atom. The van der Waals surface area contributed by atoms with Crippen LogP contribution in [0.4, 0.5) is 0 Å². The molecule has 2 aromatic rings. The number of esters is 1. The number of nitrogens with one attached hydrogen (secondary N) is 2. The molecule has 0 spiro atoms. The maximum atomic E-state index is 12.6. The van der Waals surface area contributed by atoms with Crippen molar-refractivity contribution >= 4 is 23.9 Å². The SMILES string of the molecule is CCOC(=O)CCNC(=O)/C(=C/c1ccccc1)NC(=O)c1ccc(OCC)cc1. The maximum absolute atomic E-state index is 12.6. The third-order valence-electron chi connectivity index (χ3n) is 3.95. The Morgan fingerprint density at radius 2 is 1.63 bits per heavy atom. The average Bonchev–Trinajstić information content (AvgIpc) is 2.75. The summed E-state index contributed by atoms with van der Waals surface area (Å²) in [6.45, 7) is 4.50. The first kappa shape index (κ1) is 22.7. The van der Waals surface area contributed by atoms with Gasteiger partial charge in [0.15, 0.2) is 0 Å². The van der Waals surface area contributed by atoms with Gasteiger partial charge in [-0.3, -0.25) is 14.4 Å². The molecule has 7 heteroatoms. The maximum Gasteiger partial charge on any atom is 0.307 e. The number of rotatable bonds is 10. The predicted octanol–water partition coefficient (Wildman–Crippen LogP) is 2.93. The lowest BCUT2D eigenvalue weighted by atomic mass is 10.1. The van der Waals surface area contributed by atoms with Crippen LogP contribution in [0.1, 0.15) is 36.2 Å². The molecule has 0 aliphatic rings. The molecule has 2 rings (SSSR count). The molecule has 0 fully saturated rings.